The van der Waals surface area contributed by atoms with E-state index in [1.54, 1.807) is 0 Å². The summed E-state index contributed by atoms with van der Waals surface area (Å²) in [4.78, 5) is 10.4. The number of primary sulfonamides is 1. The number of nitrogens with two attached hydrogens (primary N) is 1. The zero-order valence-electron chi connectivity index (χ0n) is 5.62. The third kappa shape index (κ3) is 5.52. The Hall–Kier alpha value is -0.620. The zero-order chi connectivity index (χ0) is 8.20. The van der Waals surface area contributed by atoms with Crippen molar-refractivity contribution in [1.82, 2.24) is 5.32 Å². The fourth-order valence-corrected chi connectivity index (χ4v) is 0.830. The molecule has 0 unspecified atom stereocenters. The first kappa shape index (κ1) is 9.38. The molecule has 0 aliphatic heterocycles. The summed E-state index contributed by atoms with van der Waals surface area (Å²) in [6.07, 6.45) is -0.0741. The van der Waals surface area contributed by atoms with Crippen molar-refractivity contribution in [2.45, 2.75) is 6.42 Å². The maximum Gasteiger partial charge on any atom is 0.220 e. The number of hydrogen-bond acceptors (Lipinski definition) is 3. The lowest BCUT2D eigenvalue weighted by molar-refractivity contribution is -0.120. The normalized spacial score (nSPS) is 11.0. The van der Waals surface area contributed by atoms with E-state index in [0.717, 1.165) is 0 Å². The molecule has 0 fully saturated rings. The second-order valence-corrected chi connectivity index (χ2v) is 3.52. The van der Waals surface area contributed by atoms with E-state index in [9.17, 15) is 13.2 Å². The quantitative estimate of drug-likeness (QED) is 0.529. The zero-order valence-corrected chi connectivity index (χ0v) is 6.44. The molecule has 5 nitrogen and oxygen atoms in total. The maximum atomic E-state index is 10.4. The predicted octanol–water partition coefficient (Wildman–Crippen LogP) is -1.59. The first-order valence-corrected chi connectivity index (χ1v) is 4.38. The van der Waals surface area contributed by atoms with Crippen LogP contribution in [0.4, 0.5) is 0 Å². The van der Waals surface area contributed by atoms with Crippen molar-refractivity contribution in [3.05, 3.63) is 0 Å². The van der Waals surface area contributed by atoms with Crippen molar-refractivity contribution in [3.8, 4) is 0 Å². The molecule has 3 N–H and O–H groups in total. The molecule has 60 valence electrons. The first-order valence-electron chi connectivity index (χ1n) is 2.67. The van der Waals surface area contributed by atoms with Crippen LogP contribution in [0, 0.1) is 0 Å². The Labute approximate surface area is 59.6 Å². The van der Waals surface area contributed by atoms with Crippen LogP contribution < -0.4 is 10.5 Å². The van der Waals surface area contributed by atoms with Crippen molar-refractivity contribution in [2.75, 3.05) is 12.8 Å². The highest BCUT2D eigenvalue weighted by atomic mass is 32.2. The molecule has 0 aliphatic carbocycles. The van der Waals surface area contributed by atoms with Gasteiger partial charge in [-0.25, -0.2) is 13.6 Å². The molecule has 0 bridgehead atoms. The molecule has 0 spiro atoms. The Balaban J connectivity index is 3.67. The summed E-state index contributed by atoms with van der Waals surface area (Å²) in [5.41, 5.74) is 0. The Morgan fingerprint density at radius 3 is 2.40 bits per heavy atom. The third-order valence-corrected chi connectivity index (χ3v) is 1.67. The summed E-state index contributed by atoms with van der Waals surface area (Å²) in [6.45, 7) is 0. The molecule has 0 atom stereocenters. The predicted molar refractivity (Wildman–Crippen MR) is 36.7 cm³/mol. The first-order chi connectivity index (χ1) is 4.45. The van der Waals surface area contributed by atoms with Crippen LogP contribution in [0.5, 0.6) is 0 Å². The number of carbonyl (C=O) groups excluding carboxylic acids is 1. The highest BCUT2D eigenvalue weighted by molar-refractivity contribution is 7.89. The SMILES string of the molecule is CNC(=O)CCS(N)(=O)=O. The van der Waals surface area contributed by atoms with Crippen LogP contribution in [0.1, 0.15) is 6.42 Å². The minimum absolute atomic E-state index is 0.0741. The van der Waals surface area contributed by atoms with Gasteiger partial charge in [0.25, 0.3) is 0 Å². The molecular weight excluding hydrogens is 156 g/mol. The Bertz CT molecular complexity index is 209. The molecule has 1 amide bonds. The van der Waals surface area contributed by atoms with Gasteiger partial charge in [0.15, 0.2) is 0 Å². The van der Waals surface area contributed by atoms with Gasteiger partial charge in [-0.15, -0.1) is 0 Å². The second kappa shape index (κ2) is 3.52. The Kier molecular flexibility index (Phi) is 3.31. The fourth-order valence-electron chi connectivity index (χ4n) is 0.360. The smallest absolute Gasteiger partial charge is 0.220 e. The van der Waals surface area contributed by atoms with Gasteiger partial charge in [-0.05, 0) is 0 Å². The molecule has 0 aromatic rings. The molecule has 0 rings (SSSR count). The number of nitrogens with one attached hydrogen (secondary N) is 1. The molecule has 0 saturated heterocycles. The average Bonchev–Trinajstić information content (AvgIpc) is 1.81. The molecule has 6 heteroatoms. The van der Waals surface area contributed by atoms with Gasteiger partial charge >= 0.3 is 0 Å². The van der Waals surface area contributed by atoms with Crippen LogP contribution >= 0.6 is 0 Å². The monoisotopic (exact) mass is 166 g/mol. The second-order valence-electron chi connectivity index (χ2n) is 1.79. The summed E-state index contributed by atoms with van der Waals surface area (Å²) in [5, 5.41) is 6.91. The van der Waals surface area contributed by atoms with Gasteiger partial charge in [0.2, 0.25) is 15.9 Å². The molecule has 0 aromatic heterocycles. The Morgan fingerprint density at radius 1 is 1.60 bits per heavy atom. The van der Waals surface area contributed by atoms with Crippen LogP contribution in [0.15, 0.2) is 0 Å². The van der Waals surface area contributed by atoms with Gasteiger partial charge in [-0.2, -0.15) is 0 Å². The standard InChI is InChI=1S/C4H10N2O3S/c1-6-4(7)2-3-10(5,8)9/h2-3H2,1H3,(H,6,7)(H2,5,8,9). The van der Waals surface area contributed by atoms with Crippen LogP contribution in [0.25, 0.3) is 0 Å². The van der Waals surface area contributed by atoms with Gasteiger partial charge in [0.1, 0.15) is 0 Å². The van der Waals surface area contributed by atoms with Crippen LogP contribution in [-0.4, -0.2) is 27.1 Å². The van der Waals surface area contributed by atoms with Gasteiger partial charge < -0.3 is 5.32 Å². The lowest BCUT2D eigenvalue weighted by Crippen LogP contribution is -2.24. The molecular formula is C4H10N2O3S. The molecule has 0 saturated carbocycles. The summed E-state index contributed by atoms with van der Waals surface area (Å²) >= 11 is 0. The highest BCUT2D eigenvalue weighted by Crippen LogP contribution is 1.83. The van der Waals surface area contributed by atoms with E-state index in [0.29, 0.717) is 0 Å². The van der Waals surface area contributed by atoms with E-state index in [-0.39, 0.29) is 18.1 Å². The van der Waals surface area contributed by atoms with Gasteiger partial charge in [0.05, 0.1) is 5.75 Å². The van der Waals surface area contributed by atoms with Crippen LogP contribution in [0.2, 0.25) is 0 Å². The largest absolute Gasteiger partial charge is 0.359 e. The summed E-state index contributed by atoms with van der Waals surface area (Å²) in [5.74, 6) is -0.624. The van der Waals surface area contributed by atoms with Gasteiger partial charge in [-0.1, -0.05) is 0 Å². The van der Waals surface area contributed by atoms with Crippen molar-refractivity contribution >= 4 is 15.9 Å². The molecule has 0 aliphatic rings. The molecule has 0 aromatic carbocycles. The minimum Gasteiger partial charge on any atom is -0.359 e. The number of hydrogen-bond donors (Lipinski definition) is 2. The van der Waals surface area contributed by atoms with Gasteiger partial charge in [0, 0.05) is 13.5 Å². The van der Waals surface area contributed by atoms with E-state index < -0.39 is 10.0 Å². The van der Waals surface area contributed by atoms with E-state index in [1.807, 2.05) is 0 Å². The van der Waals surface area contributed by atoms with E-state index in [4.69, 9.17) is 0 Å². The minimum atomic E-state index is -3.49. The summed E-state index contributed by atoms with van der Waals surface area (Å²) < 4.78 is 20.5. The molecule has 0 radical (unpaired) electrons. The highest BCUT2D eigenvalue weighted by Gasteiger charge is 2.05. The third-order valence-electron chi connectivity index (χ3n) is 0.892. The topological polar surface area (TPSA) is 89.3 Å². The molecule has 10 heavy (non-hydrogen) atoms. The average molecular weight is 166 g/mol. The maximum absolute atomic E-state index is 10.4. The lowest BCUT2D eigenvalue weighted by atomic mass is 10.5. The van der Waals surface area contributed by atoms with Gasteiger partial charge in [-0.3, -0.25) is 4.79 Å². The lowest BCUT2D eigenvalue weighted by Gasteiger charge is -1.96. The van der Waals surface area contributed by atoms with E-state index in [2.05, 4.69) is 10.5 Å². The Morgan fingerprint density at radius 2 is 2.10 bits per heavy atom. The van der Waals surface area contributed by atoms with Crippen LogP contribution in [0.3, 0.4) is 0 Å². The summed E-state index contributed by atoms with van der Waals surface area (Å²) in [6, 6.07) is 0. The molecule has 0 heterocycles. The van der Waals surface area contributed by atoms with Crippen molar-refractivity contribution in [2.24, 2.45) is 5.14 Å². The summed E-state index contributed by atoms with van der Waals surface area (Å²) in [7, 11) is -2.05. The number of carbonyl (C=O) groups is 1. The van der Waals surface area contributed by atoms with Crippen LogP contribution in [-0.2, 0) is 14.8 Å². The van der Waals surface area contributed by atoms with Crippen molar-refractivity contribution in [1.29, 1.82) is 0 Å². The van der Waals surface area contributed by atoms with Crippen molar-refractivity contribution in [3.63, 3.8) is 0 Å². The fraction of sp³-hybridized carbons (Fsp3) is 0.750. The number of rotatable bonds is 3. The van der Waals surface area contributed by atoms with E-state index >= 15 is 0 Å². The van der Waals surface area contributed by atoms with Crippen molar-refractivity contribution < 1.29 is 13.2 Å². The number of amides is 1. The van der Waals surface area contributed by atoms with E-state index in [1.165, 1.54) is 7.05 Å². The number of sulfonamides is 1.